The monoisotopic (exact) mass is 442 g/mol. The Kier molecular flexibility index (Phi) is 11.1. The first-order chi connectivity index (χ1) is 15.5. The summed E-state index contributed by atoms with van der Waals surface area (Å²) in [4.78, 5) is 27.3. The van der Waals surface area contributed by atoms with Crippen LogP contribution in [-0.2, 0) is 16.1 Å². The fourth-order valence-corrected chi connectivity index (χ4v) is 3.75. The number of carbonyl (C=O) groups excluding carboxylic acids is 2. The molecule has 0 radical (unpaired) electrons. The number of para-hydroxylation sites is 1. The van der Waals surface area contributed by atoms with E-state index in [2.05, 4.69) is 17.1 Å². The molecule has 0 bridgehead atoms. The van der Waals surface area contributed by atoms with Crippen molar-refractivity contribution in [3.05, 3.63) is 53.3 Å². The highest BCUT2D eigenvalue weighted by molar-refractivity contribution is 6.20. The molecule has 1 aliphatic carbocycles. The van der Waals surface area contributed by atoms with E-state index in [1.165, 1.54) is 12.2 Å². The van der Waals surface area contributed by atoms with Crippen LogP contribution in [0.1, 0.15) is 44.6 Å². The number of hydrogen-bond acceptors (Lipinski definition) is 7. The molecule has 1 unspecified atom stereocenters. The van der Waals surface area contributed by atoms with Crippen LogP contribution in [0, 0.1) is 0 Å². The van der Waals surface area contributed by atoms with Gasteiger partial charge >= 0.3 is 0 Å². The lowest BCUT2D eigenvalue weighted by molar-refractivity contribution is -0.115. The summed E-state index contributed by atoms with van der Waals surface area (Å²) in [5.74, 6) is 0.490. The van der Waals surface area contributed by atoms with Crippen molar-refractivity contribution in [3.63, 3.8) is 0 Å². The van der Waals surface area contributed by atoms with Gasteiger partial charge in [0.15, 0.2) is 5.78 Å². The molecule has 0 spiro atoms. The second-order valence-electron chi connectivity index (χ2n) is 8.09. The number of ketones is 2. The molecule has 0 heterocycles. The van der Waals surface area contributed by atoms with Crippen molar-refractivity contribution in [2.45, 2.75) is 51.6 Å². The summed E-state index contributed by atoms with van der Waals surface area (Å²) in [5, 5.41) is 3.09. The van der Waals surface area contributed by atoms with Gasteiger partial charge in [-0.25, -0.2) is 0 Å². The van der Waals surface area contributed by atoms with Gasteiger partial charge in [-0.2, -0.15) is 0 Å². The molecule has 1 aromatic carbocycles. The number of unbranched alkanes of at least 4 members (excludes halogenated alkanes) is 3. The molecule has 2 rings (SSSR count). The summed E-state index contributed by atoms with van der Waals surface area (Å²) in [6, 6.07) is 7.46. The lowest BCUT2D eigenvalue weighted by Gasteiger charge is -2.24. The lowest BCUT2D eigenvalue weighted by atomic mass is 9.93. The maximum atomic E-state index is 12.6. The SMILES string of the molecule is CCN(CCC(N)C1=CC(=O)C(NCCCCCCN)=CC1=O)Cc1ccccc1OC. The second kappa shape index (κ2) is 13.8. The van der Waals surface area contributed by atoms with Crippen molar-refractivity contribution in [2.75, 3.05) is 33.3 Å². The van der Waals surface area contributed by atoms with Crippen LogP contribution in [0.3, 0.4) is 0 Å². The van der Waals surface area contributed by atoms with Crippen LogP contribution >= 0.6 is 0 Å². The number of carbonyl (C=O) groups is 2. The standard InChI is InChI=1S/C25H38N4O3/c1-3-29(18-19-10-6-7-11-25(19)32-2)15-12-21(27)20-16-24(31)22(17-23(20)30)28-14-9-5-4-8-13-26/h6-7,10-11,16-17,21,28H,3-5,8-9,12-15,18,26-27H2,1-2H3. The predicted octanol–water partition coefficient (Wildman–Crippen LogP) is 2.31. The zero-order valence-corrected chi connectivity index (χ0v) is 19.4. The average Bonchev–Trinajstić information content (AvgIpc) is 2.80. The Morgan fingerprint density at radius 3 is 2.53 bits per heavy atom. The summed E-state index contributed by atoms with van der Waals surface area (Å²) >= 11 is 0. The molecule has 7 heteroatoms. The number of nitrogens with one attached hydrogen (secondary N) is 1. The fraction of sp³-hybridized carbons (Fsp3) is 0.520. The minimum absolute atomic E-state index is 0.182. The summed E-state index contributed by atoms with van der Waals surface area (Å²) in [6.07, 6.45) is 7.46. The van der Waals surface area contributed by atoms with Crippen molar-refractivity contribution >= 4 is 11.6 Å². The van der Waals surface area contributed by atoms with Gasteiger partial charge in [-0.1, -0.05) is 38.0 Å². The highest BCUT2D eigenvalue weighted by Crippen LogP contribution is 2.20. The molecule has 1 aromatic rings. The lowest BCUT2D eigenvalue weighted by Crippen LogP contribution is -2.36. The molecular formula is C25H38N4O3. The summed E-state index contributed by atoms with van der Waals surface area (Å²) < 4.78 is 5.44. The summed E-state index contributed by atoms with van der Waals surface area (Å²) in [7, 11) is 1.67. The van der Waals surface area contributed by atoms with Crippen LogP contribution in [0.4, 0.5) is 0 Å². The number of hydrogen-bond donors (Lipinski definition) is 3. The molecule has 0 amide bonds. The number of nitrogens with zero attached hydrogens (tertiary/aromatic N) is 1. The first kappa shape index (κ1) is 25.8. The van der Waals surface area contributed by atoms with Gasteiger partial charge in [0.25, 0.3) is 0 Å². The maximum Gasteiger partial charge on any atom is 0.202 e. The maximum absolute atomic E-state index is 12.6. The van der Waals surface area contributed by atoms with Crippen molar-refractivity contribution in [1.29, 1.82) is 0 Å². The molecular weight excluding hydrogens is 404 g/mol. The van der Waals surface area contributed by atoms with Gasteiger partial charge in [0, 0.05) is 42.9 Å². The predicted molar refractivity (Wildman–Crippen MR) is 128 cm³/mol. The van der Waals surface area contributed by atoms with Gasteiger partial charge < -0.3 is 21.5 Å². The van der Waals surface area contributed by atoms with E-state index < -0.39 is 6.04 Å². The van der Waals surface area contributed by atoms with E-state index in [1.807, 2.05) is 24.3 Å². The molecule has 0 fully saturated rings. The van der Waals surface area contributed by atoms with Crippen LogP contribution in [-0.4, -0.2) is 55.8 Å². The highest BCUT2D eigenvalue weighted by Gasteiger charge is 2.24. The summed E-state index contributed by atoms with van der Waals surface area (Å²) in [6.45, 7) is 5.75. The quantitative estimate of drug-likeness (QED) is 0.282. The average molecular weight is 443 g/mol. The van der Waals surface area contributed by atoms with E-state index in [9.17, 15) is 9.59 Å². The minimum Gasteiger partial charge on any atom is -0.496 e. The van der Waals surface area contributed by atoms with E-state index in [0.717, 1.165) is 50.1 Å². The Bertz CT molecular complexity index is 819. The zero-order valence-electron chi connectivity index (χ0n) is 19.4. The van der Waals surface area contributed by atoms with Gasteiger partial charge in [-0.05, 0) is 44.5 Å². The van der Waals surface area contributed by atoms with Gasteiger partial charge in [-0.3, -0.25) is 14.5 Å². The van der Waals surface area contributed by atoms with Crippen molar-refractivity contribution < 1.29 is 14.3 Å². The largest absolute Gasteiger partial charge is 0.496 e. The van der Waals surface area contributed by atoms with Crippen molar-refractivity contribution in [3.8, 4) is 5.75 Å². The van der Waals surface area contributed by atoms with Crippen molar-refractivity contribution in [1.82, 2.24) is 10.2 Å². The van der Waals surface area contributed by atoms with E-state index >= 15 is 0 Å². The van der Waals surface area contributed by atoms with Crippen LogP contribution in [0.15, 0.2) is 47.7 Å². The Morgan fingerprint density at radius 2 is 1.81 bits per heavy atom. The minimum atomic E-state index is -0.479. The number of nitrogens with two attached hydrogens (primary N) is 2. The van der Waals surface area contributed by atoms with Gasteiger partial charge in [0.1, 0.15) is 5.75 Å². The first-order valence-electron chi connectivity index (χ1n) is 11.6. The third-order valence-corrected chi connectivity index (χ3v) is 5.75. The Hall–Kier alpha value is -2.48. The van der Waals surface area contributed by atoms with Gasteiger partial charge in [0.05, 0.1) is 12.8 Å². The Balaban J connectivity index is 1.85. The third-order valence-electron chi connectivity index (χ3n) is 5.75. The molecule has 0 saturated carbocycles. The molecule has 7 nitrogen and oxygen atoms in total. The topological polar surface area (TPSA) is 111 Å². The normalized spacial score (nSPS) is 14.9. The molecule has 0 aliphatic heterocycles. The fourth-order valence-electron chi connectivity index (χ4n) is 3.75. The molecule has 0 saturated heterocycles. The molecule has 176 valence electrons. The number of methoxy groups -OCH3 is 1. The van der Waals surface area contributed by atoms with E-state index in [4.69, 9.17) is 16.2 Å². The number of rotatable bonds is 15. The molecule has 1 aliphatic rings. The molecule has 5 N–H and O–H groups in total. The zero-order chi connectivity index (χ0) is 23.3. The van der Waals surface area contributed by atoms with Gasteiger partial charge in [-0.15, -0.1) is 0 Å². The first-order valence-corrected chi connectivity index (χ1v) is 11.6. The van der Waals surface area contributed by atoms with E-state index in [1.54, 1.807) is 7.11 Å². The number of benzene rings is 1. The highest BCUT2D eigenvalue weighted by atomic mass is 16.5. The van der Waals surface area contributed by atoms with Crippen LogP contribution in [0.25, 0.3) is 0 Å². The third kappa shape index (κ3) is 7.89. The van der Waals surface area contributed by atoms with E-state index in [0.29, 0.717) is 37.3 Å². The Morgan fingerprint density at radius 1 is 1.06 bits per heavy atom. The second-order valence-corrected chi connectivity index (χ2v) is 8.09. The van der Waals surface area contributed by atoms with Gasteiger partial charge in [0.2, 0.25) is 5.78 Å². The number of allylic oxidation sites excluding steroid dienone is 2. The van der Waals surface area contributed by atoms with Crippen LogP contribution < -0.4 is 21.5 Å². The Labute approximate surface area is 191 Å². The van der Waals surface area contributed by atoms with Crippen LogP contribution in [0.2, 0.25) is 0 Å². The molecule has 0 aromatic heterocycles. The molecule has 32 heavy (non-hydrogen) atoms. The van der Waals surface area contributed by atoms with E-state index in [-0.39, 0.29) is 11.6 Å². The summed E-state index contributed by atoms with van der Waals surface area (Å²) in [5.41, 5.74) is 13.7. The number of ether oxygens (including phenoxy) is 1. The van der Waals surface area contributed by atoms with Crippen LogP contribution in [0.5, 0.6) is 5.75 Å². The van der Waals surface area contributed by atoms with Crippen molar-refractivity contribution in [2.24, 2.45) is 11.5 Å². The smallest absolute Gasteiger partial charge is 0.202 e. The molecule has 1 atom stereocenters.